The van der Waals surface area contributed by atoms with Crippen LogP contribution in [0.4, 0.5) is 0 Å². The average Bonchev–Trinajstić information content (AvgIpc) is 3.37. The van der Waals surface area contributed by atoms with Crippen molar-refractivity contribution in [3.05, 3.63) is 137 Å². The van der Waals surface area contributed by atoms with E-state index in [4.69, 9.17) is 5.11 Å². The first-order chi connectivity index (χ1) is 18.0. The minimum Gasteiger partial charge on any atom is -0.480 e. The topological polar surface area (TPSA) is 88.4 Å². The summed E-state index contributed by atoms with van der Waals surface area (Å²) < 4.78 is 1.99. The molecule has 0 atom stereocenters. The third-order valence-corrected chi connectivity index (χ3v) is 5.53. The Hall–Kier alpha value is -4.71. The van der Waals surface area contributed by atoms with Crippen LogP contribution in [0.3, 0.4) is 0 Å². The Morgan fingerprint density at radius 1 is 0.892 bits per heavy atom. The number of carbonyl (C=O) groups excluding carboxylic acids is 2. The van der Waals surface area contributed by atoms with Gasteiger partial charge in [-0.25, -0.2) is 0 Å². The fourth-order valence-electron chi connectivity index (χ4n) is 3.70. The van der Waals surface area contributed by atoms with Crippen molar-refractivity contribution in [3.8, 4) is 0 Å². The molecular weight excluding hydrogens is 464 g/mol. The van der Waals surface area contributed by atoms with Crippen molar-refractivity contribution in [2.45, 2.75) is 19.9 Å². The molecule has 1 heterocycles. The molecule has 0 aliphatic rings. The maximum atomic E-state index is 12.8. The van der Waals surface area contributed by atoms with Crippen LogP contribution in [0, 0.1) is 6.92 Å². The van der Waals surface area contributed by atoms with Crippen molar-refractivity contribution in [1.82, 2.24) is 9.88 Å². The van der Waals surface area contributed by atoms with Gasteiger partial charge in [0.1, 0.15) is 6.54 Å². The van der Waals surface area contributed by atoms with Crippen molar-refractivity contribution < 1.29 is 19.5 Å². The molecule has 4 rings (SSSR count). The molecule has 0 bridgehead atoms. The Bertz CT molecular complexity index is 1340. The van der Waals surface area contributed by atoms with Gasteiger partial charge in [0.15, 0.2) is 0 Å². The SMILES string of the molecule is Cc1ccc(C(=O)c2cccn2C/C=C/c2cccc(Cc3ccccc3)c2)cc1.O=CNCC(=O)O. The normalized spacial score (nSPS) is 10.4. The molecule has 1 aromatic heterocycles. The Morgan fingerprint density at radius 2 is 1.62 bits per heavy atom. The van der Waals surface area contributed by atoms with Crippen LogP contribution in [-0.4, -0.2) is 34.4 Å². The Morgan fingerprint density at radius 3 is 2.30 bits per heavy atom. The number of aryl methyl sites for hydroxylation is 1. The Kier molecular flexibility index (Phi) is 10.2. The fraction of sp³-hybridized carbons (Fsp3) is 0.129. The predicted octanol–water partition coefficient (Wildman–Crippen LogP) is 5.15. The summed E-state index contributed by atoms with van der Waals surface area (Å²) in [5.74, 6) is -0.981. The van der Waals surface area contributed by atoms with Gasteiger partial charge < -0.3 is 15.0 Å². The number of nitrogens with zero attached hydrogens (tertiary/aromatic N) is 1. The van der Waals surface area contributed by atoms with E-state index in [1.807, 2.05) is 65.5 Å². The number of aliphatic carboxylic acids is 1. The molecule has 6 heteroatoms. The number of hydrogen-bond donors (Lipinski definition) is 2. The van der Waals surface area contributed by atoms with Gasteiger partial charge in [0.05, 0.1) is 5.69 Å². The lowest BCUT2D eigenvalue weighted by molar-refractivity contribution is -0.136. The Balaban J connectivity index is 0.000000479. The summed E-state index contributed by atoms with van der Waals surface area (Å²) in [6.07, 6.45) is 7.45. The molecule has 37 heavy (non-hydrogen) atoms. The second kappa shape index (κ2) is 14.0. The third kappa shape index (κ3) is 8.78. The van der Waals surface area contributed by atoms with E-state index in [1.165, 1.54) is 16.7 Å². The number of carbonyl (C=O) groups is 3. The number of amides is 1. The largest absolute Gasteiger partial charge is 0.480 e. The monoisotopic (exact) mass is 494 g/mol. The van der Waals surface area contributed by atoms with Crippen LogP contribution in [0.5, 0.6) is 0 Å². The van der Waals surface area contributed by atoms with Crippen LogP contribution in [0.25, 0.3) is 6.08 Å². The van der Waals surface area contributed by atoms with E-state index in [-0.39, 0.29) is 12.3 Å². The number of carboxylic acid groups (broad SMARTS) is 1. The lowest BCUT2D eigenvalue weighted by atomic mass is 10.0. The molecule has 4 aromatic rings. The zero-order chi connectivity index (χ0) is 26.5. The smallest absolute Gasteiger partial charge is 0.322 e. The molecule has 6 nitrogen and oxygen atoms in total. The predicted molar refractivity (Wildman–Crippen MR) is 145 cm³/mol. The lowest BCUT2D eigenvalue weighted by Gasteiger charge is -2.07. The minimum absolute atomic E-state index is 0.0539. The first-order valence-electron chi connectivity index (χ1n) is 11.9. The van der Waals surface area contributed by atoms with Gasteiger partial charge in [-0.3, -0.25) is 14.4 Å². The molecule has 0 unspecified atom stereocenters. The molecule has 2 N–H and O–H groups in total. The van der Waals surface area contributed by atoms with Crippen molar-refractivity contribution in [2.24, 2.45) is 0 Å². The summed E-state index contributed by atoms with van der Waals surface area (Å²) in [7, 11) is 0. The van der Waals surface area contributed by atoms with Gasteiger partial charge in [-0.05, 0) is 42.2 Å². The van der Waals surface area contributed by atoms with Gasteiger partial charge in [-0.1, -0.05) is 96.6 Å². The van der Waals surface area contributed by atoms with Crippen molar-refractivity contribution in [2.75, 3.05) is 6.54 Å². The van der Waals surface area contributed by atoms with Crippen molar-refractivity contribution >= 4 is 24.2 Å². The molecule has 0 radical (unpaired) electrons. The number of carboxylic acids is 1. The minimum atomic E-state index is -1.04. The molecule has 188 valence electrons. The fourth-order valence-corrected chi connectivity index (χ4v) is 3.70. The number of benzene rings is 3. The van der Waals surface area contributed by atoms with E-state index in [0.29, 0.717) is 18.6 Å². The highest BCUT2D eigenvalue weighted by Gasteiger charge is 2.12. The summed E-state index contributed by atoms with van der Waals surface area (Å²) in [5.41, 5.74) is 6.35. The average molecular weight is 495 g/mol. The van der Waals surface area contributed by atoms with E-state index in [2.05, 4.69) is 60.7 Å². The van der Waals surface area contributed by atoms with Crippen LogP contribution < -0.4 is 5.32 Å². The second-order valence-electron chi connectivity index (χ2n) is 8.44. The first-order valence-corrected chi connectivity index (χ1v) is 11.9. The van der Waals surface area contributed by atoms with Gasteiger partial charge in [0.2, 0.25) is 12.2 Å². The summed E-state index contributed by atoms with van der Waals surface area (Å²) in [5, 5.41) is 9.79. The van der Waals surface area contributed by atoms with E-state index in [1.54, 1.807) is 0 Å². The molecule has 3 aromatic carbocycles. The number of nitrogens with one attached hydrogen (secondary N) is 1. The zero-order valence-corrected chi connectivity index (χ0v) is 20.7. The van der Waals surface area contributed by atoms with E-state index < -0.39 is 5.97 Å². The van der Waals surface area contributed by atoms with E-state index >= 15 is 0 Å². The number of rotatable bonds is 10. The lowest BCUT2D eigenvalue weighted by Crippen LogP contribution is -2.20. The number of hydrogen-bond acceptors (Lipinski definition) is 3. The van der Waals surface area contributed by atoms with Crippen molar-refractivity contribution in [1.29, 1.82) is 0 Å². The first kappa shape index (κ1) is 26.9. The molecule has 0 saturated carbocycles. The van der Waals surface area contributed by atoms with Crippen LogP contribution in [0.15, 0.2) is 103 Å². The van der Waals surface area contributed by atoms with Crippen LogP contribution in [0.1, 0.15) is 38.3 Å². The standard InChI is InChI=1S/C28H25NO.C3H5NO3/c1-22-14-16-26(17-15-22)28(30)27-13-7-19-29(27)18-6-12-24-10-5-11-25(21-24)20-23-8-3-2-4-9-23;5-2-4-1-3(6)7/h2-17,19,21H,18,20H2,1H3;2H,1H2,(H,4,5)(H,6,7)/b12-6+;. The van der Waals surface area contributed by atoms with E-state index in [9.17, 15) is 14.4 Å². The number of ketones is 1. The summed E-state index contributed by atoms with van der Waals surface area (Å²) >= 11 is 0. The third-order valence-electron chi connectivity index (χ3n) is 5.53. The van der Waals surface area contributed by atoms with Gasteiger partial charge in [0.25, 0.3) is 0 Å². The van der Waals surface area contributed by atoms with Crippen molar-refractivity contribution in [3.63, 3.8) is 0 Å². The van der Waals surface area contributed by atoms with Crippen LogP contribution >= 0.6 is 0 Å². The van der Waals surface area contributed by atoms with Crippen LogP contribution in [0.2, 0.25) is 0 Å². The second-order valence-corrected chi connectivity index (χ2v) is 8.44. The highest BCUT2D eigenvalue weighted by molar-refractivity contribution is 6.08. The zero-order valence-electron chi connectivity index (χ0n) is 20.7. The maximum Gasteiger partial charge on any atom is 0.322 e. The maximum absolute atomic E-state index is 12.8. The van der Waals surface area contributed by atoms with E-state index in [0.717, 1.165) is 17.5 Å². The highest BCUT2D eigenvalue weighted by Crippen LogP contribution is 2.15. The molecule has 0 saturated heterocycles. The van der Waals surface area contributed by atoms with Crippen LogP contribution in [-0.2, 0) is 22.6 Å². The molecule has 0 aliphatic carbocycles. The van der Waals surface area contributed by atoms with Gasteiger partial charge in [-0.2, -0.15) is 0 Å². The molecule has 0 fully saturated rings. The summed E-state index contributed by atoms with van der Waals surface area (Å²) in [4.78, 5) is 31.7. The summed E-state index contributed by atoms with van der Waals surface area (Å²) in [6.45, 7) is 2.38. The molecule has 0 spiro atoms. The number of aromatic nitrogens is 1. The molecule has 0 aliphatic heterocycles. The molecular formula is C31H30N2O4. The quantitative estimate of drug-likeness (QED) is 0.236. The molecule has 1 amide bonds. The van der Waals surface area contributed by atoms with Gasteiger partial charge in [-0.15, -0.1) is 0 Å². The van der Waals surface area contributed by atoms with Gasteiger partial charge >= 0.3 is 5.97 Å². The Labute approximate surface area is 216 Å². The number of allylic oxidation sites excluding steroid dienone is 1. The summed E-state index contributed by atoms with van der Waals surface area (Å²) in [6, 6.07) is 30.6. The van der Waals surface area contributed by atoms with Gasteiger partial charge in [0, 0.05) is 18.3 Å². The highest BCUT2D eigenvalue weighted by atomic mass is 16.4.